The molecule has 2 N–H and O–H groups in total. The van der Waals surface area contributed by atoms with Crippen molar-refractivity contribution in [2.75, 3.05) is 25.4 Å². The van der Waals surface area contributed by atoms with E-state index in [2.05, 4.69) is 34.1 Å². The zero-order valence-electron chi connectivity index (χ0n) is 15.9. The standard InChI is InChI=1S/C13H17NO.C8H6F3N3/c1-2-6-13-11(5-1)9-12(10-15-13)14-7-3-4-8-14;9-8(10,11)6-4-14-3-1-2-5(12)7(14)13-6/h1-2,5-6,12H,3-4,7-10H2;1-4H,12H2. The SMILES string of the molecule is Nc1cccn2cc(C(F)(F)F)nc12.c1ccc2c(c1)CC(N1CCCC1)CO2. The third-order valence-corrected chi connectivity index (χ3v) is 5.32. The second-order valence-corrected chi connectivity index (χ2v) is 7.34. The first-order valence-electron chi connectivity index (χ1n) is 9.67. The van der Waals surface area contributed by atoms with Crippen LogP contribution in [0.1, 0.15) is 24.1 Å². The van der Waals surface area contributed by atoms with Crippen molar-refractivity contribution in [3.8, 4) is 5.75 Å². The highest BCUT2D eigenvalue weighted by Crippen LogP contribution is 2.29. The minimum Gasteiger partial charge on any atom is -0.492 e. The van der Waals surface area contributed by atoms with Crippen LogP contribution in [-0.2, 0) is 12.6 Å². The highest BCUT2D eigenvalue weighted by atomic mass is 19.4. The summed E-state index contributed by atoms with van der Waals surface area (Å²) in [4.78, 5) is 5.98. The zero-order chi connectivity index (χ0) is 20.4. The quantitative estimate of drug-likeness (QED) is 0.666. The molecule has 2 aromatic heterocycles. The maximum atomic E-state index is 12.2. The van der Waals surface area contributed by atoms with Gasteiger partial charge in [-0.25, -0.2) is 4.98 Å². The van der Waals surface area contributed by atoms with Crippen LogP contribution >= 0.6 is 0 Å². The molecule has 0 spiro atoms. The van der Waals surface area contributed by atoms with Crippen LogP contribution < -0.4 is 10.5 Å². The van der Waals surface area contributed by atoms with E-state index in [1.165, 1.54) is 48.2 Å². The number of alkyl halides is 3. The lowest BCUT2D eigenvalue weighted by molar-refractivity contribution is -0.140. The van der Waals surface area contributed by atoms with Gasteiger partial charge in [0.05, 0.1) is 5.69 Å². The molecule has 1 unspecified atom stereocenters. The summed E-state index contributed by atoms with van der Waals surface area (Å²) in [5, 5.41) is 0. The average molecular weight is 404 g/mol. The Labute approximate surface area is 166 Å². The van der Waals surface area contributed by atoms with Gasteiger partial charge in [-0.3, -0.25) is 4.90 Å². The fourth-order valence-electron chi connectivity index (χ4n) is 3.82. The molecule has 154 valence electrons. The number of fused-ring (bicyclic) bond motifs is 2. The number of imidazole rings is 1. The Hall–Kier alpha value is -2.74. The predicted octanol–water partition coefficient (Wildman–Crippen LogP) is 4.02. The van der Waals surface area contributed by atoms with Gasteiger partial charge < -0.3 is 14.9 Å². The summed E-state index contributed by atoms with van der Waals surface area (Å²) in [6, 6.07) is 12.1. The number of hydrogen-bond acceptors (Lipinski definition) is 4. The molecule has 2 aliphatic heterocycles. The largest absolute Gasteiger partial charge is 0.492 e. The number of halogens is 3. The Morgan fingerprint density at radius 1 is 1.07 bits per heavy atom. The van der Waals surface area contributed by atoms with Gasteiger partial charge in [0.25, 0.3) is 0 Å². The van der Waals surface area contributed by atoms with Crippen molar-refractivity contribution in [2.24, 2.45) is 0 Å². The topological polar surface area (TPSA) is 55.8 Å². The molecule has 3 aromatic rings. The van der Waals surface area contributed by atoms with Crippen molar-refractivity contribution in [2.45, 2.75) is 31.5 Å². The fraction of sp³-hybridized carbons (Fsp3) is 0.381. The van der Waals surface area contributed by atoms with E-state index >= 15 is 0 Å². The Morgan fingerprint density at radius 3 is 2.55 bits per heavy atom. The van der Waals surface area contributed by atoms with Crippen LogP contribution in [0.5, 0.6) is 5.75 Å². The van der Waals surface area contributed by atoms with Crippen LogP contribution in [0.2, 0.25) is 0 Å². The zero-order valence-corrected chi connectivity index (χ0v) is 15.9. The van der Waals surface area contributed by atoms with Gasteiger partial charge in [-0.05, 0) is 56.1 Å². The normalized spacial score (nSPS) is 19.3. The molecule has 0 aliphatic carbocycles. The Kier molecular flexibility index (Phi) is 5.36. The minimum atomic E-state index is -4.43. The molecule has 0 amide bonds. The third kappa shape index (κ3) is 4.32. The highest BCUT2D eigenvalue weighted by molar-refractivity contribution is 5.64. The highest BCUT2D eigenvalue weighted by Gasteiger charge is 2.34. The van der Waals surface area contributed by atoms with Crippen LogP contribution in [-0.4, -0.2) is 40.0 Å². The Bertz CT molecular complexity index is 979. The van der Waals surface area contributed by atoms with Crippen LogP contribution in [0, 0.1) is 0 Å². The Morgan fingerprint density at radius 2 is 1.83 bits per heavy atom. The number of rotatable bonds is 1. The number of pyridine rings is 1. The molecule has 29 heavy (non-hydrogen) atoms. The maximum absolute atomic E-state index is 12.2. The number of para-hydroxylation sites is 1. The van der Waals surface area contributed by atoms with Gasteiger partial charge in [0.2, 0.25) is 0 Å². The molecule has 5 nitrogen and oxygen atoms in total. The second kappa shape index (κ2) is 7.94. The van der Waals surface area contributed by atoms with Crippen molar-refractivity contribution in [1.82, 2.24) is 14.3 Å². The van der Waals surface area contributed by atoms with E-state index in [-0.39, 0.29) is 11.3 Å². The van der Waals surface area contributed by atoms with E-state index in [9.17, 15) is 13.2 Å². The van der Waals surface area contributed by atoms with Gasteiger partial charge in [0.15, 0.2) is 11.3 Å². The summed E-state index contributed by atoms with van der Waals surface area (Å²) in [5.74, 6) is 1.09. The lowest BCUT2D eigenvalue weighted by Crippen LogP contribution is -2.41. The summed E-state index contributed by atoms with van der Waals surface area (Å²) < 4.78 is 43.8. The number of likely N-dealkylation sites (tertiary alicyclic amines) is 1. The monoisotopic (exact) mass is 404 g/mol. The number of benzene rings is 1. The molecule has 4 heterocycles. The maximum Gasteiger partial charge on any atom is 0.434 e. The number of nitrogens with two attached hydrogens (primary N) is 1. The molecule has 0 radical (unpaired) electrons. The van der Waals surface area contributed by atoms with E-state index in [1.807, 2.05) is 0 Å². The molecule has 5 rings (SSSR count). The van der Waals surface area contributed by atoms with Crippen LogP contribution in [0.3, 0.4) is 0 Å². The summed E-state index contributed by atoms with van der Waals surface area (Å²) in [6.07, 6.45) is 1.82. The summed E-state index contributed by atoms with van der Waals surface area (Å²) in [5.41, 5.74) is 6.25. The van der Waals surface area contributed by atoms with Gasteiger partial charge in [-0.1, -0.05) is 18.2 Å². The third-order valence-electron chi connectivity index (χ3n) is 5.32. The van der Waals surface area contributed by atoms with Crippen LogP contribution in [0.15, 0.2) is 48.8 Å². The lowest BCUT2D eigenvalue weighted by atomic mass is 10.0. The molecule has 1 atom stereocenters. The first-order chi connectivity index (χ1) is 13.9. The molecule has 1 saturated heterocycles. The fourth-order valence-corrected chi connectivity index (χ4v) is 3.82. The molecule has 2 aliphatic rings. The number of aromatic nitrogens is 2. The molecule has 1 aromatic carbocycles. The minimum absolute atomic E-state index is 0.125. The molecule has 0 saturated carbocycles. The Balaban J connectivity index is 0.000000142. The number of ether oxygens (including phenoxy) is 1. The van der Waals surface area contributed by atoms with Crippen LogP contribution in [0.25, 0.3) is 5.65 Å². The summed E-state index contributed by atoms with van der Waals surface area (Å²) >= 11 is 0. The predicted molar refractivity (Wildman–Crippen MR) is 105 cm³/mol. The molecular formula is C21H23F3N4O. The van der Waals surface area contributed by atoms with Crippen molar-refractivity contribution in [3.63, 3.8) is 0 Å². The van der Waals surface area contributed by atoms with E-state index < -0.39 is 11.9 Å². The van der Waals surface area contributed by atoms with E-state index in [0.29, 0.717) is 6.04 Å². The molecular weight excluding hydrogens is 381 g/mol. The first-order valence-corrected chi connectivity index (χ1v) is 9.67. The van der Waals surface area contributed by atoms with Gasteiger partial charge >= 0.3 is 6.18 Å². The molecule has 8 heteroatoms. The van der Waals surface area contributed by atoms with Gasteiger partial charge in [0.1, 0.15) is 12.4 Å². The number of anilines is 1. The van der Waals surface area contributed by atoms with E-state index in [0.717, 1.165) is 25.0 Å². The van der Waals surface area contributed by atoms with E-state index in [1.54, 1.807) is 6.07 Å². The summed E-state index contributed by atoms with van der Waals surface area (Å²) in [7, 11) is 0. The first kappa shape index (κ1) is 19.6. The molecule has 0 bridgehead atoms. The molecule has 1 fully saturated rings. The summed E-state index contributed by atoms with van der Waals surface area (Å²) in [6.45, 7) is 3.39. The van der Waals surface area contributed by atoms with E-state index in [4.69, 9.17) is 10.5 Å². The number of nitrogens with zero attached hydrogens (tertiary/aromatic N) is 3. The number of hydrogen-bond donors (Lipinski definition) is 1. The average Bonchev–Trinajstić information content (AvgIpc) is 3.38. The van der Waals surface area contributed by atoms with Gasteiger partial charge in [0, 0.05) is 18.4 Å². The number of nitrogen functional groups attached to an aromatic ring is 1. The van der Waals surface area contributed by atoms with Crippen molar-refractivity contribution in [1.29, 1.82) is 0 Å². The van der Waals surface area contributed by atoms with Gasteiger partial charge in [-0.15, -0.1) is 0 Å². The van der Waals surface area contributed by atoms with Crippen molar-refractivity contribution in [3.05, 3.63) is 60.0 Å². The van der Waals surface area contributed by atoms with Crippen molar-refractivity contribution < 1.29 is 17.9 Å². The van der Waals surface area contributed by atoms with Gasteiger partial charge in [-0.2, -0.15) is 13.2 Å². The smallest absolute Gasteiger partial charge is 0.434 e. The second-order valence-electron chi connectivity index (χ2n) is 7.34. The van der Waals surface area contributed by atoms with Crippen LogP contribution in [0.4, 0.5) is 18.9 Å². The lowest BCUT2D eigenvalue weighted by Gasteiger charge is -2.32. The van der Waals surface area contributed by atoms with Crippen molar-refractivity contribution >= 4 is 11.3 Å².